The lowest BCUT2D eigenvalue weighted by Crippen LogP contribution is -2.69. The molecular formula is C8H18N3S+. The molecule has 0 amide bonds. The van der Waals surface area contributed by atoms with Gasteiger partial charge in [-0.3, -0.25) is 5.84 Å². The molecule has 1 aliphatic rings. The summed E-state index contributed by atoms with van der Waals surface area (Å²) in [7, 11) is 0. The van der Waals surface area contributed by atoms with Crippen LogP contribution in [0.4, 0.5) is 0 Å². The summed E-state index contributed by atoms with van der Waals surface area (Å²) in [5.74, 6) is 4.43. The van der Waals surface area contributed by atoms with Gasteiger partial charge in [-0.05, 0) is 37.4 Å². The maximum absolute atomic E-state index is 5.13. The van der Waals surface area contributed by atoms with Gasteiger partial charge in [0.15, 0.2) is 0 Å². The minimum absolute atomic E-state index is 0.795. The number of hydrogen-bond acceptors (Lipinski definition) is 1. The van der Waals surface area contributed by atoms with Crippen LogP contribution >= 0.6 is 12.2 Å². The summed E-state index contributed by atoms with van der Waals surface area (Å²) in [5, 5.41) is 0.795. The van der Waals surface area contributed by atoms with E-state index < -0.39 is 0 Å². The number of hydrogen-bond donors (Lipinski definition) is 2. The molecule has 0 saturated carbocycles. The van der Waals surface area contributed by atoms with Crippen molar-refractivity contribution < 1.29 is 5.84 Å². The molecule has 1 heterocycles. The van der Waals surface area contributed by atoms with Gasteiger partial charge in [-0.25, -0.2) is 5.43 Å². The van der Waals surface area contributed by atoms with Gasteiger partial charge < -0.3 is 4.90 Å². The molecule has 0 aromatic heterocycles. The van der Waals surface area contributed by atoms with Crippen LogP contribution in [0.2, 0.25) is 0 Å². The second-order valence-corrected chi connectivity index (χ2v) is 3.89. The molecule has 70 valence electrons. The lowest BCUT2D eigenvalue weighted by atomic mass is 10.0. The third kappa shape index (κ3) is 2.60. The van der Waals surface area contributed by atoms with E-state index in [4.69, 9.17) is 12.2 Å². The number of likely N-dealkylation sites (tertiary alicyclic amines) is 1. The molecule has 1 fully saturated rings. The first-order chi connectivity index (χ1) is 5.74. The van der Waals surface area contributed by atoms with Crippen molar-refractivity contribution in [1.82, 2.24) is 10.3 Å². The monoisotopic (exact) mass is 188 g/mol. The quantitative estimate of drug-likeness (QED) is 0.420. The highest BCUT2D eigenvalue weighted by Crippen LogP contribution is 2.16. The first-order valence-corrected chi connectivity index (χ1v) is 4.97. The van der Waals surface area contributed by atoms with Gasteiger partial charge in [-0.1, -0.05) is 6.92 Å². The van der Waals surface area contributed by atoms with E-state index in [2.05, 4.69) is 23.1 Å². The Bertz CT molecular complexity index is 160. The smallest absolute Gasteiger partial charge is 0.215 e. The van der Waals surface area contributed by atoms with Crippen LogP contribution in [0.15, 0.2) is 0 Å². The second-order valence-electron chi connectivity index (χ2n) is 3.51. The van der Waals surface area contributed by atoms with Gasteiger partial charge in [-0.15, -0.1) is 0 Å². The molecule has 1 rings (SSSR count). The standard InChI is InChI=1S/C8H17N3S/c1-7-3-2-5-11(6-4-7)8(12)10-9/h7H,2-6,9H2,1H3,(H,10,12)/p+1. The fraction of sp³-hybridized carbons (Fsp3) is 0.875. The molecule has 1 saturated heterocycles. The minimum atomic E-state index is 0.795. The third-order valence-corrected chi connectivity index (χ3v) is 2.86. The number of nitrogens with one attached hydrogen (secondary N) is 1. The highest BCUT2D eigenvalue weighted by Gasteiger charge is 2.15. The second kappa shape index (κ2) is 4.62. The normalized spacial score (nSPS) is 24.8. The maximum atomic E-state index is 5.13. The van der Waals surface area contributed by atoms with Crippen LogP contribution in [-0.4, -0.2) is 23.1 Å². The first kappa shape index (κ1) is 9.74. The molecule has 0 radical (unpaired) electrons. The van der Waals surface area contributed by atoms with Crippen LogP contribution in [0.5, 0.6) is 0 Å². The largest absolute Gasteiger partial charge is 0.345 e. The Morgan fingerprint density at radius 1 is 1.50 bits per heavy atom. The lowest BCUT2D eigenvalue weighted by Gasteiger charge is -2.20. The molecular weight excluding hydrogens is 170 g/mol. The average Bonchev–Trinajstić information content (AvgIpc) is 2.29. The number of nitrogens with zero attached hydrogens (tertiary/aromatic N) is 1. The maximum Gasteiger partial charge on any atom is 0.215 e. The Hall–Kier alpha value is -0.350. The lowest BCUT2D eigenvalue weighted by molar-refractivity contribution is -0.420. The molecule has 0 aromatic carbocycles. The van der Waals surface area contributed by atoms with Gasteiger partial charge in [0, 0.05) is 13.1 Å². The number of quaternary nitrogens is 1. The zero-order valence-corrected chi connectivity index (χ0v) is 8.49. The molecule has 1 aliphatic heterocycles. The molecule has 0 spiro atoms. The molecule has 0 aromatic rings. The van der Waals surface area contributed by atoms with Crippen LogP contribution in [0.3, 0.4) is 0 Å². The van der Waals surface area contributed by atoms with Crippen molar-refractivity contribution in [1.29, 1.82) is 0 Å². The van der Waals surface area contributed by atoms with Gasteiger partial charge in [0.2, 0.25) is 5.11 Å². The molecule has 1 atom stereocenters. The topological polar surface area (TPSA) is 42.9 Å². The van der Waals surface area contributed by atoms with E-state index in [1.54, 1.807) is 0 Å². The zero-order chi connectivity index (χ0) is 8.97. The van der Waals surface area contributed by atoms with Gasteiger partial charge in [0.1, 0.15) is 0 Å². The summed E-state index contributed by atoms with van der Waals surface area (Å²) < 4.78 is 0. The van der Waals surface area contributed by atoms with Gasteiger partial charge in [-0.2, -0.15) is 0 Å². The van der Waals surface area contributed by atoms with Crippen molar-refractivity contribution in [3.05, 3.63) is 0 Å². The summed E-state index contributed by atoms with van der Waals surface area (Å²) in [5.41, 5.74) is 2.78. The minimum Gasteiger partial charge on any atom is -0.345 e. The molecule has 0 aliphatic carbocycles. The van der Waals surface area contributed by atoms with E-state index in [0.29, 0.717) is 0 Å². The molecule has 0 bridgehead atoms. The summed E-state index contributed by atoms with van der Waals surface area (Å²) in [4.78, 5) is 2.21. The SMILES string of the molecule is CC1CCCN(C(=S)N[NH3+])CC1. The van der Waals surface area contributed by atoms with Crippen LogP contribution in [0, 0.1) is 5.92 Å². The fourth-order valence-electron chi connectivity index (χ4n) is 1.58. The van der Waals surface area contributed by atoms with Gasteiger partial charge >= 0.3 is 0 Å². The number of rotatable bonds is 0. The van der Waals surface area contributed by atoms with Gasteiger partial charge in [0.05, 0.1) is 0 Å². The van der Waals surface area contributed by atoms with Crippen molar-refractivity contribution in [3.63, 3.8) is 0 Å². The van der Waals surface area contributed by atoms with E-state index in [-0.39, 0.29) is 0 Å². The number of thiocarbonyl (C=S) groups is 1. The van der Waals surface area contributed by atoms with Crippen molar-refractivity contribution in [2.45, 2.75) is 26.2 Å². The Kier molecular flexibility index (Phi) is 3.75. The van der Waals surface area contributed by atoms with E-state index >= 15 is 0 Å². The molecule has 4 N–H and O–H groups in total. The van der Waals surface area contributed by atoms with Crippen LogP contribution in [-0.2, 0) is 0 Å². The Labute approximate surface area is 79.3 Å². The molecule has 4 heteroatoms. The van der Waals surface area contributed by atoms with Crippen LogP contribution < -0.4 is 11.3 Å². The molecule has 12 heavy (non-hydrogen) atoms. The zero-order valence-electron chi connectivity index (χ0n) is 7.68. The van der Waals surface area contributed by atoms with E-state index in [1.807, 2.05) is 0 Å². The highest BCUT2D eigenvalue weighted by molar-refractivity contribution is 7.80. The van der Waals surface area contributed by atoms with Crippen molar-refractivity contribution >= 4 is 17.3 Å². The van der Waals surface area contributed by atoms with Crippen molar-refractivity contribution in [2.75, 3.05) is 13.1 Å². The summed E-state index contributed by atoms with van der Waals surface area (Å²) in [6, 6.07) is 0. The molecule has 1 unspecified atom stereocenters. The Balaban J connectivity index is 2.40. The van der Waals surface area contributed by atoms with Crippen molar-refractivity contribution in [3.8, 4) is 0 Å². The van der Waals surface area contributed by atoms with Crippen molar-refractivity contribution in [2.24, 2.45) is 5.92 Å². The average molecular weight is 188 g/mol. The summed E-state index contributed by atoms with van der Waals surface area (Å²) in [6.45, 7) is 4.48. The molecule has 3 nitrogen and oxygen atoms in total. The predicted octanol–water partition coefficient (Wildman–Crippen LogP) is 0.140. The van der Waals surface area contributed by atoms with Gasteiger partial charge in [0.25, 0.3) is 0 Å². The highest BCUT2D eigenvalue weighted by atomic mass is 32.1. The predicted molar refractivity (Wildman–Crippen MR) is 53.2 cm³/mol. The van der Waals surface area contributed by atoms with E-state index in [1.165, 1.54) is 19.3 Å². The summed E-state index contributed by atoms with van der Waals surface area (Å²) >= 11 is 5.13. The van der Waals surface area contributed by atoms with E-state index in [9.17, 15) is 0 Å². The third-order valence-electron chi connectivity index (χ3n) is 2.46. The fourth-order valence-corrected chi connectivity index (χ4v) is 1.76. The summed E-state index contributed by atoms with van der Waals surface area (Å²) in [6.07, 6.45) is 3.83. The van der Waals surface area contributed by atoms with E-state index in [0.717, 1.165) is 24.1 Å². The van der Waals surface area contributed by atoms with Crippen LogP contribution in [0.1, 0.15) is 26.2 Å². The Morgan fingerprint density at radius 2 is 2.25 bits per heavy atom. The first-order valence-electron chi connectivity index (χ1n) is 4.56. The van der Waals surface area contributed by atoms with Crippen LogP contribution in [0.25, 0.3) is 0 Å². The Morgan fingerprint density at radius 3 is 2.92 bits per heavy atom.